The van der Waals surface area contributed by atoms with Gasteiger partial charge in [0.15, 0.2) is 0 Å². The summed E-state index contributed by atoms with van der Waals surface area (Å²) in [6, 6.07) is 10.7. The lowest BCUT2D eigenvalue weighted by atomic mass is 9.81. The third-order valence-electron chi connectivity index (χ3n) is 4.05. The molecular weight excluding hydrogens is 254 g/mol. The first-order valence-electron chi connectivity index (χ1n) is 6.68. The lowest BCUT2D eigenvalue weighted by molar-refractivity contribution is 0.139. The fourth-order valence-electron chi connectivity index (χ4n) is 3.17. The highest BCUT2D eigenvalue weighted by Gasteiger charge is 2.37. The molecule has 1 aromatic rings. The van der Waals surface area contributed by atoms with Crippen molar-refractivity contribution in [3.63, 3.8) is 0 Å². The fourth-order valence-corrected chi connectivity index (χ4v) is 3.42. The van der Waals surface area contributed by atoms with Gasteiger partial charge in [-0.3, -0.25) is 0 Å². The summed E-state index contributed by atoms with van der Waals surface area (Å²) in [5, 5.41) is 9.95. The second-order valence-electron chi connectivity index (χ2n) is 5.12. The van der Waals surface area contributed by atoms with E-state index in [2.05, 4.69) is 30.4 Å². The number of fused-ring (bicyclic) bond motifs is 1. The molecule has 2 aliphatic rings. The molecule has 1 fully saturated rings. The first-order valence-corrected chi connectivity index (χ1v) is 7.09. The van der Waals surface area contributed by atoms with Gasteiger partial charge in [0.05, 0.1) is 12.1 Å². The molecule has 3 heteroatoms. The maximum absolute atomic E-state index is 9.95. The molecule has 1 N–H and O–H groups in total. The number of rotatable bonds is 1. The number of allylic oxidation sites excluding steroid dienone is 2. The van der Waals surface area contributed by atoms with Gasteiger partial charge >= 0.3 is 0 Å². The number of thiocarbonyl (C=S) groups is 1. The summed E-state index contributed by atoms with van der Waals surface area (Å²) in [5.41, 5.74) is 1.22. The smallest absolute Gasteiger partial charge is 0.257 e. The maximum Gasteiger partial charge on any atom is 0.257 e. The Kier molecular flexibility index (Phi) is 3.38. The van der Waals surface area contributed by atoms with Crippen LogP contribution in [0.15, 0.2) is 54.6 Å². The van der Waals surface area contributed by atoms with Crippen LogP contribution in [0.2, 0.25) is 0 Å². The Balaban J connectivity index is 1.95. The summed E-state index contributed by atoms with van der Waals surface area (Å²) >= 11 is 5.08. The predicted octanol–water partition coefficient (Wildman–Crippen LogP) is 3.78. The van der Waals surface area contributed by atoms with Crippen molar-refractivity contribution < 1.29 is 5.11 Å². The molecule has 0 aromatic heterocycles. The van der Waals surface area contributed by atoms with Gasteiger partial charge in [-0.15, -0.1) is 0 Å². The van der Waals surface area contributed by atoms with Crippen molar-refractivity contribution in [3.8, 4) is 0 Å². The minimum Gasteiger partial charge on any atom is -0.486 e. The molecule has 19 heavy (non-hydrogen) atoms. The van der Waals surface area contributed by atoms with Crippen molar-refractivity contribution in [3.05, 3.63) is 60.2 Å². The molecule has 1 aliphatic carbocycles. The highest BCUT2D eigenvalue weighted by atomic mass is 32.1. The molecular formula is C16H17NOS. The topological polar surface area (TPSA) is 23.5 Å². The zero-order valence-electron chi connectivity index (χ0n) is 10.6. The predicted molar refractivity (Wildman–Crippen MR) is 81.0 cm³/mol. The average Bonchev–Trinajstić information content (AvgIpc) is 2.46. The molecule has 2 nitrogen and oxygen atoms in total. The summed E-state index contributed by atoms with van der Waals surface area (Å²) in [7, 11) is 0. The molecule has 0 amide bonds. The number of likely N-dealkylation sites (tertiary alicyclic amines) is 1. The average molecular weight is 271 g/mol. The van der Waals surface area contributed by atoms with Gasteiger partial charge in [0.25, 0.3) is 5.17 Å². The van der Waals surface area contributed by atoms with Crippen LogP contribution in [0.3, 0.4) is 0 Å². The summed E-state index contributed by atoms with van der Waals surface area (Å²) in [6.45, 7) is 0. The molecule has 1 aliphatic heterocycles. The van der Waals surface area contributed by atoms with Crippen LogP contribution in [0.25, 0.3) is 0 Å². The van der Waals surface area contributed by atoms with Crippen molar-refractivity contribution in [2.75, 3.05) is 0 Å². The van der Waals surface area contributed by atoms with Crippen LogP contribution in [-0.4, -0.2) is 21.2 Å². The summed E-state index contributed by atoms with van der Waals surface area (Å²) in [5.74, 6) is 0.454. The number of hydrogen-bond acceptors (Lipinski definition) is 1. The van der Waals surface area contributed by atoms with Crippen LogP contribution < -0.4 is 0 Å². The van der Waals surface area contributed by atoms with Gasteiger partial charge in [-0.1, -0.05) is 54.6 Å². The molecule has 3 atom stereocenters. The van der Waals surface area contributed by atoms with Crippen LogP contribution in [0.5, 0.6) is 0 Å². The molecule has 0 spiro atoms. The van der Waals surface area contributed by atoms with Crippen LogP contribution in [0.1, 0.15) is 24.4 Å². The monoisotopic (exact) mass is 271 g/mol. The van der Waals surface area contributed by atoms with Gasteiger partial charge in [0.1, 0.15) is 0 Å². The number of aliphatic hydroxyl groups is 1. The molecule has 98 valence electrons. The van der Waals surface area contributed by atoms with Gasteiger partial charge in [-0.05, 0) is 30.6 Å². The maximum atomic E-state index is 9.95. The minimum absolute atomic E-state index is 0.00324. The molecule has 0 bridgehead atoms. The molecule has 1 aromatic carbocycles. The van der Waals surface area contributed by atoms with Crippen molar-refractivity contribution in [1.29, 1.82) is 0 Å². The standard InChI is InChI=1S/C16H17NOS/c18-16(19)17-14-9-5-4-8-13(14)10-11-15(17)12-6-2-1-3-7-12/h1-9,13-15H,10-11H2,(H,18,19). The van der Waals surface area contributed by atoms with Gasteiger partial charge in [0, 0.05) is 5.92 Å². The largest absolute Gasteiger partial charge is 0.486 e. The lowest BCUT2D eigenvalue weighted by Crippen LogP contribution is -2.48. The van der Waals surface area contributed by atoms with E-state index in [-0.39, 0.29) is 17.3 Å². The van der Waals surface area contributed by atoms with Crippen molar-refractivity contribution in [1.82, 2.24) is 4.90 Å². The molecule has 0 saturated carbocycles. The zero-order valence-corrected chi connectivity index (χ0v) is 11.5. The van der Waals surface area contributed by atoms with E-state index in [4.69, 9.17) is 12.2 Å². The fraction of sp³-hybridized carbons (Fsp3) is 0.312. The number of aliphatic hydroxyl groups excluding tert-OH is 1. The Morgan fingerprint density at radius 3 is 2.58 bits per heavy atom. The van der Waals surface area contributed by atoms with Crippen LogP contribution >= 0.6 is 12.2 Å². The van der Waals surface area contributed by atoms with E-state index in [0.29, 0.717) is 5.92 Å². The first-order chi connectivity index (χ1) is 9.27. The number of nitrogens with zero attached hydrogens (tertiary/aromatic N) is 1. The Hall–Kier alpha value is -1.61. The third-order valence-corrected chi connectivity index (χ3v) is 4.26. The Labute approximate surface area is 119 Å². The minimum atomic E-state index is 0.00324. The van der Waals surface area contributed by atoms with Crippen LogP contribution in [-0.2, 0) is 0 Å². The second kappa shape index (κ2) is 5.17. The lowest BCUT2D eigenvalue weighted by Gasteiger charge is -2.45. The highest BCUT2D eigenvalue weighted by Crippen LogP contribution is 2.39. The highest BCUT2D eigenvalue weighted by molar-refractivity contribution is 7.79. The SMILES string of the molecule is OC(=S)N1C(c2ccccc2)CCC2C=CC=CC21. The van der Waals surface area contributed by atoms with E-state index < -0.39 is 0 Å². The van der Waals surface area contributed by atoms with E-state index in [1.807, 2.05) is 29.2 Å². The number of benzene rings is 1. The van der Waals surface area contributed by atoms with E-state index in [9.17, 15) is 5.11 Å². The normalized spacial score (nSPS) is 29.1. The van der Waals surface area contributed by atoms with Gasteiger partial charge in [0.2, 0.25) is 0 Å². The van der Waals surface area contributed by atoms with E-state index in [1.165, 1.54) is 5.56 Å². The van der Waals surface area contributed by atoms with Crippen molar-refractivity contribution in [2.24, 2.45) is 5.92 Å². The van der Waals surface area contributed by atoms with E-state index >= 15 is 0 Å². The molecule has 1 saturated heterocycles. The number of piperidine rings is 1. The molecule has 3 rings (SSSR count). The van der Waals surface area contributed by atoms with Gasteiger partial charge in [-0.2, -0.15) is 0 Å². The quantitative estimate of drug-likeness (QED) is 0.786. The van der Waals surface area contributed by atoms with Crippen molar-refractivity contribution >= 4 is 17.4 Å². The van der Waals surface area contributed by atoms with Gasteiger partial charge in [-0.25, -0.2) is 0 Å². The van der Waals surface area contributed by atoms with E-state index in [0.717, 1.165) is 12.8 Å². The molecule has 0 radical (unpaired) electrons. The second-order valence-corrected chi connectivity index (χ2v) is 5.48. The van der Waals surface area contributed by atoms with Crippen LogP contribution in [0, 0.1) is 5.92 Å². The summed E-state index contributed by atoms with van der Waals surface area (Å²) in [6.07, 6.45) is 10.6. The Morgan fingerprint density at radius 1 is 1.11 bits per heavy atom. The Bertz CT molecular complexity index is 523. The molecule has 1 heterocycles. The third kappa shape index (κ3) is 2.30. The number of hydrogen-bond donors (Lipinski definition) is 1. The Morgan fingerprint density at radius 2 is 1.84 bits per heavy atom. The van der Waals surface area contributed by atoms with Crippen LogP contribution in [0.4, 0.5) is 0 Å². The first kappa shape index (κ1) is 12.4. The summed E-state index contributed by atoms with van der Waals surface area (Å²) in [4.78, 5) is 1.98. The zero-order chi connectivity index (χ0) is 13.2. The van der Waals surface area contributed by atoms with Gasteiger partial charge < -0.3 is 10.0 Å². The van der Waals surface area contributed by atoms with Crippen molar-refractivity contribution in [2.45, 2.75) is 24.9 Å². The van der Waals surface area contributed by atoms with E-state index in [1.54, 1.807) is 0 Å². The molecule has 3 unspecified atom stereocenters. The summed E-state index contributed by atoms with van der Waals surface area (Å²) < 4.78 is 0.